The van der Waals surface area contributed by atoms with E-state index in [0.29, 0.717) is 0 Å². The highest BCUT2D eigenvalue weighted by molar-refractivity contribution is 5.48. The van der Waals surface area contributed by atoms with Crippen molar-refractivity contribution in [2.45, 2.75) is 0 Å². The molecule has 0 aliphatic heterocycles. The monoisotopic (exact) mass is 224 g/mol. The fraction of sp³-hybridized carbons (Fsp3) is 0. The molecule has 0 unspecified atom stereocenters. The third-order valence-corrected chi connectivity index (χ3v) is 2.01. The van der Waals surface area contributed by atoms with Crippen LogP contribution in [0.1, 0.15) is 11.4 Å². The van der Waals surface area contributed by atoms with Gasteiger partial charge in [-0.1, -0.05) is 30.4 Å². The van der Waals surface area contributed by atoms with E-state index in [1.807, 2.05) is 54.7 Å². The van der Waals surface area contributed by atoms with E-state index in [9.17, 15) is 0 Å². The van der Waals surface area contributed by atoms with Crippen LogP contribution in [-0.2, 0) is 0 Å². The molecule has 0 aliphatic rings. The van der Waals surface area contributed by atoms with E-state index in [2.05, 4.69) is 9.97 Å². The van der Waals surface area contributed by atoms with Gasteiger partial charge in [0.1, 0.15) is 12.0 Å². The number of oxazole rings is 1. The summed E-state index contributed by atoms with van der Waals surface area (Å²) in [5, 5.41) is 0. The number of nitrogens with zero attached hydrogens (tertiary/aromatic N) is 2. The van der Waals surface area contributed by atoms with Gasteiger partial charge in [-0.15, -0.1) is 0 Å². The number of rotatable bonds is 4. The smallest absolute Gasteiger partial charge is 0.181 e. The highest BCUT2D eigenvalue weighted by Gasteiger charge is 1.84. The Morgan fingerprint density at radius 3 is 2.35 bits per heavy atom. The molecule has 0 N–H and O–H groups in total. The van der Waals surface area contributed by atoms with E-state index in [0.717, 1.165) is 11.4 Å². The summed E-state index contributed by atoms with van der Waals surface area (Å²) in [6.07, 6.45) is 16.3. The summed E-state index contributed by atoms with van der Waals surface area (Å²) in [6, 6.07) is 5.81. The minimum Gasteiger partial charge on any atom is -0.451 e. The van der Waals surface area contributed by atoms with Crippen molar-refractivity contribution in [3.63, 3.8) is 0 Å². The molecule has 2 rings (SSSR count). The zero-order chi connectivity index (χ0) is 11.8. The molecular weight excluding hydrogens is 212 g/mol. The molecule has 17 heavy (non-hydrogen) atoms. The van der Waals surface area contributed by atoms with Crippen LogP contribution >= 0.6 is 0 Å². The van der Waals surface area contributed by atoms with Crippen LogP contribution in [0.4, 0.5) is 0 Å². The van der Waals surface area contributed by atoms with Gasteiger partial charge in [0.2, 0.25) is 0 Å². The first-order chi connectivity index (χ1) is 8.45. The van der Waals surface area contributed by atoms with Crippen LogP contribution in [0.2, 0.25) is 0 Å². The van der Waals surface area contributed by atoms with Gasteiger partial charge in [-0.3, -0.25) is 4.98 Å². The molecule has 0 amide bonds. The molecule has 0 bridgehead atoms. The van der Waals surface area contributed by atoms with Gasteiger partial charge in [-0.25, -0.2) is 4.98 Å². The van der Waals surface area contributed by atoms with E-state index < -0.39 is 0 Å². The SMILES string of the molecule is C(=CC=Cc1cocn1)C=Cc1ccccn1. The second-order valence-electron chi connectivity index (χ2n) is 3.27. The van der Waals surface area contributed by atoms with Crippen molar-refractivity contribution in [2.75, 3.05) is 0 Å². The average Bonchev–Trinajstić information content (AvgIpc) is 2.88. The van der Waals surface area contributed by atoms with Crippen molar-refractivity contribution < 1.29 is 4.42 Å². The third-order valence-electron chi connectivity index (χ3n) is 2.01. The molecule has 0 spiro atoms. The Morgan fingerprint density at radius 2 is 1.71 bits per heavy atom. The first-order valence-corrected chi connectivity index (χ1v) is 5.26. The predicted octanol–water partition coefficient (Wildman–Crippen LogP) is 3.35. The van der Waals surface area contributed by atoms with Crippen molar-refractivity contribution in [3.05, 3.63) is 72.7 Å². The van der Waals surface area contributed by atoms with Crippen LogP contribution in [-0.4, -0.2) is 9.97 Å². The Kier molecular flexibility index (Phi) is 4.06. The maximum atomic E-state index is 4.84. The Hall–Kier alpha value is -2.42. The van der Waals surface area contributed by atoms with Crippen LogP contribution in [0, 0.1) is 0 Å². The molecule has 0 fully saturated rings. The minimum atomic E-state index is 0.809. The molecule has 0 saturated heterocycles. The van der Waals surface area contributed by atoms with Gasteiger partial charge in [0.15, 0.2) is 6.39 Å². The number of aromatic nitrogens is 2. The second kappa shape index (κ2) is 6.23. The van der Waals surface area contributed by atoms with Gasteiger partial charge in [0.05, 0.1) is 5.69 Å². The molecule has 3 heteroatoms. The quantitative estimate of drug-likeness (QED) is 0.747. The zero-order valence-electron chi connectivity index (χ0n) is 9.23. The van der Waals surface area contributed by atoms with Gasteiger partial charge in [-0.2, -0.15) is 0 Å². The highest BCUT2D eigenvalue weighted by Crippen LogP contribution is 1.98. The van der Waals surface area contributed by atoms with Gasteiger partial charge in [0, 0.05) is 6.20 Å². The summed E-state index contributed by atoms with van der Waals surface area (Å²) >= 11 is 0. The standard InChI is InChI=1S/C14H12N2O/c1(2-4-9-14-11-17-12-16-14)3-7-13-8-5-6-10-15-13/h1-12H. The summed E-state index contributed by atoms with van der Waals surface area (Å²) in [5.74, 6) is 0. The maximum Gasteiger partial charge on any atom is 0.181 e. The molecule has 2 heterocycles. The summed E-state index contributed by atoms with van der Waals surface area (Å²) in [4.78, 5) is 8.14. The van der Waals surface area contributed by atoms with Crippen molar-refractivity contribution in [2.24, 2.45) is 0 Å². The lowest BCUT2D eigenvalue weighted by Crippen LogP contribution is -1.74. The molecule has 84 valence electrons. The van der Waals surface area contributed by atoms with E-state index in [-0.39, 0.29) is 0 Å². The summed E-state index contributed by atoms with van der Waals surface area (Å²) in [6.45, 7) is 0. The zero-order valence-corrected chi connectivity index (χ0v) is 9.23. The summed E-state index contributed by atoms with van der Waals surface area (Å²) in [7, 11) is 0. The van der Waals surface area contributed by atoms with Crippen molar-refractivity contribution in [1.29, 1.82) is 0 Å². The van der Waals surface area contributed by atoms with Crippen molar-refractivity contribution >= 4 is 12.2 Å². The number of allylic oxidation sites excluding steroid dienone is 4. The van der Waals surface area contributed by atoms with Gasteiger partial charge >= 0.3 is 0 Å². The number of hydrogen-bond donors (Lipinski definition) is 0. The van der Waals surface area contributed by atoms with Crippen LogP contribution in [0.3, 0.4) is 0 Å². The summed E-state index contributed by atoms with van der Waals surface area (Å²) < 4.78 is 4.84. The topological polar surface area (TPSA) is 38.9 Å². The Morgan fingerprint density at radius 1 is 0.882 bits per heavy atom. The third kappa shape index (κ3) is 3.91. The first kappa shape index (κ1) is 11.1. The molecule has 3 nitrogen and oxygen atoms in total. The van der Waals surface area contributed by atoms with Crippen LogP contribution in [0.5, 0.6) is 0 Å². The van der Waals surface area contributed by atoms with Crippen molar-refractivity contribution in [1.82, 2.24) is 9.97 Å². The van der Waals surface area contributed by atoms with E-state index >= 15 is 0 Å². The largest absolute Gasteiger partial charge is 0.451 e. The second-order valence-corrected chi connectivity index (χ2v) is 3.27. The van der Waals surface area contributed by atoms with E-state index in [1.54, 1.807) is 12.5 Å². The molecule has 0 saturated carbocycles. The predicted molar refractivity (Wildman–Crippen MR) is 67.9 cm³/mol. The lowest BCUT2D eigenvalue weighted by atomic mass is 10.3. The van der Waals surface area contributed by atoms with Gasteiger partial charge in [-0.05, 0) is 24.3 Å². The molecule has 0 atom stereocenters. The van der Waals surface area contributed by atoms with Crippen LogP contribution < -0.4 is 0 Å². The molecule has 0 radical (unpaired) electrons. The van der Waals surface area contributed by atoms with E-state index in [4.69, 9.17) is 4.42 Å². The number of pyridine rings is 1. The molecule has 2 aromatic rings. The van der Waals surface area contributed by atoms with Crippen LogP contribution in [0.15, 0.2) is 65.8 Å². The van der Waals surface area contributed by atoms with Crippen LogP contribution in [0.25, 0.3) is 12.2 Å². The Bertz CT molecular complexity index is 510. The first-order valence-electron chi connectivity index (χ1n) is 5.26. The molecule has 0 aliphatic carbocycles. The van der Waals surface area contributed by atoms with Crippen molar-refractivity contribution in [3.8, 4) is 0 Å². The van der Waals surface area contributed by atoms with Gasteiger partial charge < -0.3 is 4.42 Å². The molecule has 0 aromatic carbocycles. The molecule has 2 aromatic heterocycles. The summed E-state index contributed by atoms with van der Waals surface area (Å²) in [5.41, 5.74) is 1.75. The number of hydrogen-bond acceptors (Lipinski definition) is 3. The highest BCUT2D eigenvalue weighted by atomic mass is 16.3. The Labute approximate surface area is 99.8 Å². The fourth-order valence-electron chi connectivity index (χ4n) is 1.22. The maximum absolute atomic E-state index is 4.84. The fourth-order valence-corrected chi connectivity index (χ4v) is 1.22. The van der Waals surface area contributed by atoms with E-state index in [1.165, 1.54) is 6.39 Å². The Balaban J connectivity index is 1.84. The average molecular weight is 224 g/mol. The lowest BCUT2D eigenvalue weighted by molar-refractivity contribution is 0.557. The normalized spacial score (nSPS) is 12.0. The van der Waals surface area contributed by atoms with Gasteiger partial charge in [0.25, 0.3) is 0 Å². The minimum absolute atomic E-state index is 0.809. The lowest BCUT2D eigenvalue weighted by Gasteiger charge is -1.87. The molecular formula is C14H12N2O.